The average molecular weight is 162 g/mol. The van der Waals surface area contributed by atoms with Crippen LogP contribution in [0, 0.1) is 12.3 Å². The maximum absolute atomic E-state index is 10.9. The van der Waals surface area contributed by atoms with Crippen LogP contribution in [0.1, 0.15) is 27.2 Å². The summed E-state index contributed by atoms with van der Waals surface area (Å²) in [6.07, 6.45) is 9.48. The van der Waals surface area contributed by atoms with Crippen molar-refractivity contribution in [2.24, 2.45) is 0 Å². The molecule has 0 N–H and O–H groups in total. The van der Waals surface area contributed by atoms with Gasteiger partial charge in [0.05, 0.1) is 0 Å². The highest BCUT2D eigenvalue weighted by molar-refractivity contribution is 5.93. The topological polar surface area (TPSA) is 17.1 Å². The summed E-state index contributed by atoms with van der Waals surface area (Å²) in [5, 5.41) is 0. The minimum atomic E-state index is 0.110. The highest BCUT2D eigenvalue weighted by Gasteiger charge is 1.97. The Labute approximate surface area is 74.2 Å². The summed E-state index contributed by atoms with van der Waals surface area (Å²) >= 11 is 0. The van der Waals surface area contributed by atoms with Crippen LogP contribution in [0.2, 0.25) is 0 Å². The maximum atomic E-state index is 10.9. The second-order valence-corrected chi connectivity index (χ2v) is 2.60. The SMILES string of the molecule is C#C/C(C)=C/C=C(/CC)C(C)=O. The van der Waals surface area contributed by atoms with Gasteiger partial charge in [-0.1, -0.05) is 25.0 Å². The van der Waals surface area contributed by atoms with Crippen LogP contribution in [0.25, 0.3) is 0 Å². The number of terminal acetylenes is 1. The van der Waals surface area contributed by atoms with Gasteiger partial charge in [-0.05, 0) is 31.4 Å². The zero-order valence-electron chi connectivity index (χ0n) is 7.85. The number of rotatable bonds is 3. The van der Waals surface area contributed by atoms with Gasteiger partial charge in [0, 0.05) is 0 Å². The molecule has 0 aromatic rings. The van der Waals surface area contributed by atoms with Crippen molar-refractivity contribution in [2.45, 2.75) is 27.2 Å². The van der Waals surface area contributed by atoms with Crippen LogP contribution in [0.4, 0.5) is 0 Å². The van der Waals surface area contributed by atoms with E-state index < -0.39 is 0 Å². The molecule has 0 unspecified atom stereocenters. The summed E-state index contributed by atoms with van der Waals surface area (Å²) in [6.45, 7) is 5.35. The quantitative estimate of drug-likeness (QED) is 0.354. The molecule has 0 spiro atoms. The summed E-state index contributed by atoms with van der Waals surface area (Å²) in [5.41, 5.74) is 1.65. The lowest BCUT2D eigenvalue weighted by molar-refractivity contribution is -0.113. The lowest BCUT2D eigenvalue weighted by Gasteiger charge is -1.95. The van der Waals surface area contributed by atoms with E-state index in [1.807, 2.05) is 13.8 Å². The Kier molecular flexibility index (Phi) is 4.79. The Morgan fingerprint density at radius 2 is 2.00 bits per heavy atom. The fourth-order valence-electron chi connectivity index (χ4n) is 0.758. The third-order valence-corrected chi connectivity index (χ3v) is 1.60. The highest BCUT2D eigenvalue weighted by Crippen LogP contribution is 2.03. The van der Waals surface area contributed by atoms with Crippen LogP contribution in [-0.4, -0.2) is 5.78 Å². The van der Waals surface area contributed by atoms with Gasteiger partial charge in [0.15, 0.2) is 5.78 Å². The maximum Gasteiger partial charge on any atom is 0.155 e. The molecule has 0 amide bonds. The smallest absolute Gasteiger partial charge is 0.155 e. The Morgan fingerprint density at radius 1 is 1.42 bits per heavy atom. The minimum Gasteiger partial charge on any atom is -0.295 e. The Morgan fingerprint density at radius 3 is 2.33 bits per heavy atom. The van der Waals surface area contributed by atoms with E-state index in [1.54, 1.807) is 19.1 Å². The molecule has 0 radical (unpaired) electrons. The van der Waals surface area contributed by atoms with Gasteiger partial charge >= 0.3 is 0 Å². The summed E-state index contributed by atoms with van der Waals surface area (Å²) < 4.78 is 0. The van der Waals surface area contributed by atoms with Crippen molar-refractivity contribution in [3.63, 3.8) is 0 Å². The van der Waals surface area contributed by atoms with Crippen LogP contribution in [0.3, 0.4) is 0 Å². The zero-order valence-corrected chi connectivity index (χ0v) is 7.85. The van der Waals surface area contributed by atoms with Crippen molar-refractivity contribution in [2.75, 3.05) is 0 Å². The van der Waals surface area contributed by atoms with E-state index in [4.69, 9.17) is 6.42 Å². The van der Waals surface area contributed by atoms with E-state index in [0.29, 0.717) is 0 Å². The Bertz CT molecular complexity index is 261. The largest absolute Gasteiger partial charge is 0.295 e. The number of hydrogen-bond donors (Lipinski definition) is 0. The number of ketones is 1. The highest BCUT2D eigenvalue weighted by atomic mass is 16.1. The number of carbonyl (C=O) groups excluding carboxylic acids is 1. The lowest BCUT2D eigenvalue weighted by atomic mass is 10.1. The van der Waals surface area contributed by atoms with Crippen molar-refractivity contribution in [1.29, 1.82) is 0 Å². The molecule has 1 nitrogen and oxygen atoms in total. The molecule has 0 aromatic carbocycles. The van der Waals surface area contributed by atoms with Crippen LogP contribution in [-0.2, 0) is 4.79 Å². The third-order valence-electron chi connectivity index (χ3n) is 1.60. The first kappa shape index (κ1) is 10.7. The van der Waals surface area contributed by atoms with Gasteiger partial charge in [0.25, 0.3) is 0 Å². The molecule has 0 bridgehead atoms. The molecule has 0 aliphatic rings. The molecule has 0 atom stereocenters. The third kappa shape index (κ3) is 3.78. The predicted molar refractivity (Wildman–Crippen MR) is 51.6 cm³/mol. The molecule has 0 saturated carbocycles. The zero-order chi connectivity index (χ0) is 9.56. The van der Waals surface area contributed by atoms with Crippen LogP contribution >= 0.6 is 0 Å². The van der Waals surface area contributed by atoms with Gasteiger partial charge in [-0.15, -0.1) is 6.42 Å². The van der Waals surface area contributed by atoms with E-state index in [0.717, 1.165) is 17.6 Å². The molecule has 1 heteroatoms. The standard InChI is InChI=1S/C11H14O/c1-5-9(3)7-8-11(6-2)10(4)12/h1,7-8H,6H2,2-4H3/b9-7+,11-8-. The Hall–Kier alpha value is -1.29. The molecule has 0 aliphatic carbocycles. The number of allylic oxidation sites excluding steroid dienone is 4. The first-order chi connectivity index (χ1) is 5.61. The van der Waals surface area contributed by atoms with Gasteiger partial charge in [0.2, 0.25) is 0 Å². The fraction of sp³-hybridized carbons (Fsp3) is 0.364. The van der Waals surface area contributed by atoms with E-state index in [9.17, 15) is 4.79 Å². The molecular formula is C11H14O. The van der Waals surface area contributed by atoms with Gasteiger partial charge in [-0.2, -0.15) is 0 Å². The summed E-state index contributed by atoms with van der Waals surface area (Å²) in [5.74, 6) is 2.60. The first-order valence-corrected chi connectivity index (χ1v) is 3.96. The predicted octanol–water partition coefficient (Wildman–Crippen LogP) is 2.49. The normalized spacial score (nSPS) is 12.5. The molecule has 0 rings (SSSR count). The van der Waals surface area contributed by atoms with E-state index in [2.05, 4.69) is 5.92 Å². The minimum absolute atomic E-state index is 0.110. The molecule has 0 fully saturated rings. The molecule has 0 saturated heterocycles. The van der Waals surface area contributed by atoms with Crippen LogP contribution < -0.4 is 0 Å². The van der Waals surface area contributed by atoms with E-state index >= 15 is 0 Å². The van der Waals surface area contributed by atoms with Gasteiger partial charge in [-0.25, -0.2) is 0 Å². The number of hydrogen-bond acceptors (Lipinski definition) is 1. The summed E-state index contributed by atoms with van der Waals surface area (Å²) in [6, 6.07) is 0. The molecule has 64 valence electrons. The molecular weight excluding hydrogens is 148 g/mol. The van der Waals surface area contributed by atoms with E-state index in [-0.39, 0.29) is 5.78 Å². The van der Waals surface area contributed by atoms with Gasteiger partial charge < -0.3 is 0 Å². The average Bonchev–Trinajstić information content (AvgIpc) is 2.04. The second-order valence-electron chi connectivity index (χ2n) is 2.60. The second kappa shape index (κ2) is 5.37. The molecule has 12 heavy (non-hydrogen) atoms. The summed E-state index contributed by atoms with van der Waals surface area (Å²) in [4.78, 5) is 10.9. The molecule has 0 heterocycles. The number of Topliss-reactive ketones (excluding diaryl/α,β-unsaturated/α-hetero) is 1. The number of carbonyl (C=O) groups is 1. The van der Waals surface area contributed by atoms with Crippen molar-refractivity contribution in [3.05, 3.63) is 23.3 Å². The van der Waals surface area contributed by atoms with E-state index in [1.165, 1.54) is 0 Å². The molecule has 0 aliphatic heterocycles. The van der Waals surface area contributed by atoms with Crippen molar-refractivity contribution in [1.82, 2.24) is 0 Å². The van der Waals surface area contributed by atoms with Crippen LogP contribution in [0.5, 0.6) is 0 Å². The monoisotopic (exact) mass is 162 g/mol. The first-order valence-electron chi connectivity index (χ1n) is 3.96. The summed E-state index contributed by atoms with van der Waals surface area (Å²) in [7, 11) is 0. The molecule has 0 aromatic heterocycles. The van der Waals surface area contributed by atoms with Gasteiger partial charge in [-0.3, -0.25) is 4.79 Å². The van der Waals surface area contributed by atoms with Crippen molar-refractivity contribution >= 4 is 5.78 Å². The Balaban J connectivity index is 4.54. The van der Waals surface area contributed by atoms with Gasteiger partial charge in [0.1, 0.15) is 0 Å². The fourth-order valence-corrected chi connectivity index (χ4v) is 0.758. The van der Waals surface area contributed by atoms with Crippen molar-refractivity contribution in [3.8, 4) is 12.3 Å². The van der Waals surface area contributed by atoms with Crippen LogP contribution in [0.15, 0.2) is 23.3 Å². The van der Waals surface area contributed by atoms with Crippen molar-refractivity contribution < 1.29 is 4.79 Å². The lowest BCUT2D eigenvalue weighted by Crippen LogP contribution is -1.93.